The molecule has 0 saturated heterocycles. The largest absolute Gasteiger partial charge is 0.462 e. The van der Waals surface area contributed by atoms with E-state index < -0.39 is 22.9 Å². The van der Waals surface area contributed by atoms with Gasteiger partial charge in [-0.05, 0) is 37.8 Å². The molecular weight excluding hydrogens is 310 g/mol. The third-order valence-electron chi connectivity index (χ3n) is 3.78. The summed E-state index contributed by atoms with van der Waals surface area (Å²) in [4.78, 5) is 33.6. The Morgan fingerprint density at radius 1 is 1.25 bits per heavy atom. The Hall–Kier alpha value is -2.50. The summed E-state index contributed by atoms with van der Waals surface area (Å²) in [5.74, 6) is -1.01. The normalized spacial score (nSPS) is 12.8. The van der Waals surface area contributed by atoms with E-state index in [0.29, 0.717) is 44.0 Å². The van der Waals surface area contributed by atoms with Crippen molar-refractivity contribution in [1.82, 2.24) is 0 Å². The van der Waals surface area contributed by atoms with E-state index in [9.17, 15) is 19.7 Å². The van der Waals surface area contributed by atoms with Crippen molar-refractivity contribution in [1.29, 1.82) is 0 Å². The molecule has 1 aromatic carbocycles. The molecule has 0 saturated carbocycles. The number of unbranched alkanes of at least 4 members (excludes halogenated alkanes) is 1. The molecule has 130 valence electrons. The standard InChI is InChI=1S/C18H23NO5/c1-2-3-12-17(19(22)23)16(14-20)11-7-8-13-24-18(21)15-9-5-4-6-10-15/h2,4-6,9-10,14,16-17H,1,3,7-8,11-13H2/t16-,17+/m0/s1. The first-order valence-electron chi connectivity index (χ1n) is 8.02. The second-order valence-electron chi connectivity index (χ2n) is 5.52. The van der Waals surface area contributed by atoms with Gasteiger partial charge in [-0.1, -0.05) is 24.3 Å². The summed E-state index contributed by atoms with van der Waals surface area (Å²) in [6.45, 7) is 3.78. The monoisotopic (exact) mass is 333 g/mol. The molecule has 24 heavy (non-hydrogen) atoms. The van der Waals surface area contributed by atoms with Gasteiger partial charge in [0.25, 0.3) is 0 Å². The lowest BCUT2D eigenvalue weighted by molar-refractivity contribution is -0.530. The fourth-order valence-corrected chi connectivity index (χ4v) is 2.42. The molecule has 0 N–H and O–H groups in total. The van der Waals surface area contributed by atoms with Gasteiger partial charge in [-0.25, -0.2) is 4.79 Å². The number of hydrogen-bond acceptors (Lipinski definition) is 5. The van der Waals surface area contributed by atoms with E-state index in [1.165, 1.54) is 0 Å². The van der Waals surface area contributed by atoms with Crippen LogP contribution < -0.4 is 0 Å². The van der Waals surface area contributed by atoms with Gasteiger partial charge in [-0.3, -0.25) is 10.1 Å². The minimum Gasteiger partial charge on any atom is -0.462 e. The molecule has 1 rings (SSSR count). The predicted octanol–water partition coefficient (Wildman–Crippen LogP) is 3.44. The van der Waals surface area contributed by atoms with Crippen molar-refractivity contribution in [2.24, 2.45) is 5.92 Å². The van der Waals surface area contributed by atoms with Gasteiger partial charge in [0, 0.05) is 11.3 Å². The molecule has 0 unspecified atom stereocenters. The summed E-state index contributed by atoms with van der Waals surface area (Å²) in [7, 11) is 0. The number of carbonyl (C=O) groups excluding carboxylic acids is 2. The third-order valence-corrected chi connectivity index (χ3v) is 3.78. The number of nitrogens with zero attached hydrogens (tertiary/aromatic N) is 1. The SMILES string of the molecule is C=CCC[C@H]([C@H](C=O)CCCCOC(=O)c1ccccc1)[N+](=O)[O-]. The van der Waals surface area contributed by atoms with E-state index in [0.717, 1.165) is 0 Å². The molecular formula is C18H23NO5. The van der Waals surface area contributed by atoms with E-state index in [4.69, 9.17) is 4.74 Å². The lowest BCUT2D eigenvalue weighted by Gasteiger charge is -2.15. The number of rotatable bonds is 12. The lowest BCUT2D eigenvalue weighted by Crippen LogP contribution is -2.30. The van der Waals surface area contributed by atoms with Crippen LogP contribution in [0.1, 0.15) is 42.5 Å². The quantitative estimate of drug-likeness (QED) is 0.146. The van der Waals surface area contributed by atoms with Crippen molar-refractivity contribution < 1.29 is 19.2 Å². The number of carbonyl (C=O) groups is 2. The van der Waals surface area contributed by atoms with Crippen molar-refractivity contribution in [3.8, 4) is 0 Å². The van der Waals surface area contributed by atoms with E-state index in [2.05, 4.69) is 6.58 Å². The molecule has 0 radical (unpaired) electrons. The second-order valence-corrected chi connectivity index (χ2v) is 5.52. The summed E-state index contributed by atoms with van der Waals surface area (Å²) in [5.41, 5.74) is 0.487. The molecule has 2 atom stereocenters. The van der Waals surface area contributed by atoms with E-state index in [1.807, 2.05) is 6.07 Å². The summed E-state index contributed by atoms with van der Waals surface area (Å²) < 4.78 is 5.14. The fourth-order valence-electron chi connectivity index (χ4n) is 2.42. The Morgan fingerprint density at radius 2 is 1.96 bits per heavy atom. The Morgan fingerprint density at radius 3 is 2.54 bits per heavy atom. The minimum atomic E-state index is -0.882. The molecule has 0 aromatic heterocycles. The Kier molecular flexibility index (Phi) is 9.04. The predicted molar refractivity (Wildman–Crippen MR) is 90.3 cm³/mol. The number of aldehydes is 1. The average molecular weight is 333 g/mol. The number of allylic oxidation sites excluding steroid dienone is 1. The zero-order valence-corrected chi connectivity index (χ0v) is 13.6. The van der Waals surface area contributed by atoms with Gasteiger partial charge < -0.3 is 9.53 Å². The number of esters is 1. The fraction of sp³-hybridized carbons (Fsp3) is 0.444. The van der Waals surface area contributed by atoms with Crippen molar-refractivity contribution in [2.75, 3.05) is 6.61 Å². The molecule has 0 aliphatic carbocycles. The van der Waals surface area contributed by atoms with E-state index >= 15 is 0 Å². The van der Waals surface area contributed by atoms with Gasteiger partial charge in [0.15, 0.2) is 0 Å². The van der Waals surface area contributed by atoms with Crippen LogP contribution >= 0.6 is 0 Å². The Labute approximate surface area is 141 Å². The maximum absolute atomic E-state index is 11.7. The third kappa shape index (κ3) is 6.73. The zero-order chi connectivity index (χ0) is 17.8. The van der Waals surface area contributed by atoms with Crippen LogP contribution in [-0.4, -0.2) is 29.8 Å². The van der Waals surface area contributed by atoms with Crippen LogP contribution in [0.5, 0.6) is 0 Å². The van der Waals surface area contributed by atoms with Gasteiger partial charge in [-0.2, -0.15) is 0 Å². The molecule has 0 bridgehead atoms. The smallest absolute Gasteiger partial charge is 0.338 e. The van der Waals surface area contributed by atoms with Crippen LogP contribution in [0.3, 0.4) is 0 Å². The zero-order valence-electron chi connectivity index (χ0n) is 13.6. The van der Waals surface area contributed by atoms with E-state index in [1.54, 1.807) is 30.3 Å². The first-order valence-corrected chi connectivity index (χ1v) is 8.02. The Bertz CT molecular complexity index is 544. The number of nitro groups is 1. The minimum absolute atomic E-state index is 0.231. The Balaban J connectivity index is 2.33. The second kappa shape index (κ2) is 11.1. The summed E-state index contributed by atoms with van der Waals surface area (Å²) in [6.07, 6.45) is 4.65. The van der Waals surface area contributed by atoms with E-state index in [-0.39, 0.29) is 6.61 Å². The number of benzene rings is 1. The molecule has 6 heteroatoms. The highest BCUT2D eigenvalue weighted by molar-refractivity contribution is 5.89. The molecule has 0 aliphatic rings. The van der Waals surface area contributed by atoms with Crippen LogP contribution in [0.4, 0.5) is 0 Å². The maximum Gasteiger partial charge on any atom is 0.338 e. The molecule has 0 amide bonds. The molecule has 0 spiro atoms. The van der Waals surface area contributed by atoms with Gasteiger partial charge in [0.05, 0.1) is 18.1 Å². The van der Waals surface area contributed by atoms with Gasteiger partial charge in [0.1, 0.15) is 6.29 Å². The maximum atomic E-state index is 11.7. The van der Waals surface area contributed by atoms with Crippen molar-refractivity contribution in [3.05, 3.63) is 58.7 Å². The number of ether oxygens (including phenoxy) is 1. The van der Waals surface area contributed by atoms with Crippen LogP contribution in [0, 0.1) is 16.0 Å². The van der Waals surface area contributed by atoms with Gasteiger partial charge >= 0.3 is 5.97 Å². The van der Waals surface area contributed by atoms with Crippen LogP contribution in [0.15, 0.2) is 43.0 Å². The van der Waals surface area contributed by atoms with Crippen LogP contribution in [0.25, 0.3) is 0 Å². The molecule has 0 heterocycles. The first-order chi connectivity index (χ1) is 11.6. The van der Waals surface area contributed by atoms with Crippen LogP contribution in [-0.2, 0) is 9.53 Å². The topological polar surface area (TPSA) is 86.5 Å². The molecule has 6 nitrogen and oxygen atoms in total. The highest BCUT2D eigenvalue weighted by Crippen LogP contribution is 2.18. The summed E-state index contributed by atoms with van der Waals surface area (Å²) in [5, 5.41) is 11.1. The molecule has 0 aliphatic heterocycles. The van der Waals surface area contributed by atoms with Gasteiger partial charge in [-0.15, -0.1) is 6.58 Å². The van der Waals surface area contributed by atoms with Crippen molar-refractivity contribution in [3.63, 3.8) is 0 Å². The first kappa shape index (κ1) is 19.5. The highest BCUT2D eigenvalue weighted by atomic mass is 16.6. The number of hydrogen-bond donors (Lipinski definition) is 0. The average Bonchev–Trinajstić information content (AvgIpc) is 2.60. The lowest BCUT2D eigenvalue weighted by atomic mass is 9.92. The summed E-state index contributed by atoms with van der Waals surface area (Å²) in [6, 6.07) is 7.79. The highest BCUT2D eigenvalue weighted by Gasteiger charge is 2.29. The van der Waals surface area contributed by atoms with Gasteiger partial charge in [0.2, 0.25) is 6.04 Å². The van der Waals surface area contributed by atoms with Crippen LogP contribution in [0.2, 0.25) is 0 Å². The summed E-state index contributed by atoms with van der Waals surface area (Å²) >= 11 is 0. The van der Waals surface area contributed by atoms with Crippen molar-refractivity contribution in [2.45, 2.75) is 38.1 Å². The molecule has 1 aromatic rings. The molecule has 0 fully saturated rings. The van der Waals surface area contributed by atoms with Crippen molar-refractivity contribution >= 4 is 12.3 Å².